The van der Waals surface area contributed by atoms with Crippen molar-refractivity contribution in [1.82, 2.24) is 34.2 Å². The number of fused-ring (bicyclic) bond motifs is 1. The predicted octanol–water partition coefficient (Wildman–Crippen LogP) is 3.23. The van der Waals surface area contributed by atoms with Gasteiger partial charge in [0.25, 0.3) is 5.56 Å². The monoisotopic (exact) mass is 544 g/mol. The minimum absolute atomic E-state index is 0.144. The SMILES string of the molecule is C=C(C1CC1)n1c(=O)c(NCc2ccc(S(=O)(=O)NC)cc2)nc2cnc(-c3c(C)ncnc3C3CC3)nc21. The van der Waals surface area contributed by atoms with Gasteiger partial charge in [-0.25, -0.2) is 38.1 Å². The third-order valence-corrected chi connectivity index (χ3v) is 8.58. The van der Waals surface area contributed by atoms with Crippen molar-refractivity contribution in [1.29, 1.82) is 0 Å². The van der Waals surface area contributed by atoms with E-state index in [1.165, 1.54) is 19.2 Å². The zero-order valence-corrected chi connectivity index (χ0v) is 22.5. The van der Waals surface area contributed by atoms with Crippen molar-refractivity contribution in [3.63, 3.8) is 0 Å². The highest BCUT2D eigenvalue weighted by atomic mass is 32.2. The molecular weight excluding hydrogens is 516 g/mol. The number of rotatable bonds is 9. The third-order valence-electron chi connectivity index (χ3n) is 7.15. The molecule has 12 heteroatoms. The maximum atomic E-state index is 13.7. The van der Waals surface area contributed by atoms with E-state index >= 15 is 0 Å². The highest BCUT2D eigenvalue weighted by molar-refractivity contribution is 7.89. The number of sulfonamides is 1. The fourth-order valence-electron chi connectivity index (χ4n) is 4.61. The largest absolute Gasteiger partial charge is 0.361 e. The van der Waals surface area contributed by atoms with Crippen LogP contribution in [0.5, 0.6) is 0 Å². The van der Waals surface area contributed by atoms with Gasteiger partial charge >= 0.3 is 0 Å². The molecule has 200 valence electrons. The molecule has 2 N–H and O–H groups in total. The molecule has 11 nitrogen and oxygen atoms in total. The lowest BCUT2D eigenvalue weighted by atomic mass is 10.1. The number of allylic oxidation sites excluding steroid dienone is 1. The smallest absolute Gasteiger partial charge is 0.299 e. The predicted molar refractivity (Wildman–Crippen MR) is 147 cm³/mol. The zero-order valence-electron chi connectivity index (χ0n) is 21.7. The van der Waals surface area contributed by atoms with Crippen LogP contribution in [0.1, 0.15) is 48.6 Å². The molecule has 2 aliphatic carbocycles. The molecule has 0 atom stereocenters. The van der Waals surface area contributed by atoms with Crippen LogP contribution in [0.4, 0.5) is 5.82 Å². The van der Waals surface area contributed by atoms with Crippen LogP contribution >= 0.6 is 0 Å². The van der Waals surface area contributed by atoms with E-state index < -0.39 is 10.0 Å². The summed E-state index contributed by atoms with van der Waals surface area (Å²) in [4.78, 5) is 36.8. The summed E-state index contributed by atoms with van der Waals surface area (Å²) < 4.78 is 27.8. The lowest BCUT2D eigenvalue weighted by Gasteiger charge is -2.15. The first-order valence-corrected chi connectivity index (χ1v) is 14.3. The second-order valence-corrected chi connectivity index (χ2v) is 11.9. The van der Waals surface area contributed by atoms with E-state index in [-0.39, 0.29) is 28.7 Å². The van der Waals surface area contributed by atoms with Gasteiger partial charge < -0.3 is 5.32 Å². The average Bonchev–Trinajstić information content (AvgIpc) is 3.85. The Morgan fingerprint density at radius 3 is 2.49 bits per heavy atom. The molecule has 0 bridgehead atoms. The summed E-state index contributed by atoms with van der Waals surface area (Å²) in [6.07, 6.45) is 7.28. The minimum Gasteiger partial charge on any atom is -0.361 e. The number of hydrogen-bond acceptors (Lipinski definition) is 9. The first-order chi connectivity index (χ1) is 18.8. The average molecular weight is 545 g/mol. The normalized spacial score (nSPS) is 15.4. The highest BCUT2D eigenvalue weighted by Gasteiger charge is 2.31. The van der Waals surface area contributed by atoms with Crippen molar-refractivity contribution < 1.29 is 8.42 Å². The number of benzene rings is 1. The Hall–Kier alpha value is -4.03. The van der Waals surface area contributed by atoms with Crippen molar-refractivity contribution in [3.8, 4) is 11.4 Å². The van der Waals surface area contributed by atoms with Gasteiger partial charge in [-0.15, -0.1) is 0 Å². The van der Waals surface area contributed by atoms with Crippen LogP contribution in [-0.4, -0.2) is 45.0 Å². The van der Waals surface area contributed by atoms with Gasteiger partial charge in [-0.2, -0.15) is 0 Å². The Kier molecular flexibility index (Phi) is 6.23. The Balaban J connectivity index is 1.39. The van der Waals surface area contributed by atoms with Crippen molar-refractivity contribution >= 4 is 32.7 Å². The van der Waals surface area contributed by atoms with Crippen LogP contribution in [-0.2, 0) is 16.6 Å². The number of aromatic nitrogens is 6. The first kappa shape index (κ1) is 25.3. The van der Waals surface area contributed by atoms with Gasteiger partial charge in [0.2, 0.25) is 10.0 Å². The van der Waals surface area contributed by atoms with Crippen LogP contribution in [0.25, 0.3) is 28.2 Å². The Labute approximate surface area is 225 Å². The zero-order chi connectivity index (χ0) is 27.3. The van der Waals surface area contributed by atoms with Gasteiger partial charge in [0.1, 0.15) is 11.8 Å². The number of hydrogen-bond donors (Lipinski definition) is 2. The maximum Gasteiger partial charge on any atom is 0.299 e. The van der Waals surface area contributed by atoms with Crippen LogP contribution in [0.15, 0.2) is 53.1 Å². The fraction of sp³-hybridized carbons (Fsp3) is 0.333. The fourth-order valence-corrected chi connectivity index (χ4v) is 5.34. The third kappa shape index (κ3) is 4.81. The highest BCUT2D eigenvalue weighted by Crippen LogP contribution is 2.43. The van der Waals surface area contributed by atoms with E-state index in [1.807, 2.05) is 6.92 Å². The van der Waals surface area contributed by atoms with E-state index in [0.717, 1.165) is 48.2 Å². The summed E-state index contributed by atoms with van der Waals surface area (Å²) in [6.45, 7) is 6.42. The minimum atomic E-state index is -3.53. The molecule has 1 aromatic carbocycles. The molecule has 0 aliphatic heterocycles. The molecule has 2 aliphatic rings. The lowest BCUT2D eigenvalue weighted by Crippen LogP contribution is -2.26. The first-order valence-electron chi connectivity index (χ1n) is 12.8. The van der Waals surface area contributed by atoms with Gasteiger partial charge in [0.05, 0.1) is 28.0 Å². The van der Waals surface area contributed by atoms with Gasteiger partial charge in [-0.3, -0.25) is 9.36 Å². The van der Waals surface area contributed by atoms with Crippen molar-refractivity contribution in [3.05, 3.63) is 70.7 Å². The van der Waals surface area contributed by atoms with Crippen LogP contribution in [0, 0.1) is 12.8 Å². The number of anilines is 1. The van der Waals surface area contributed by atoms with Crippen molar-refractivity contribution in [2.75, 3.05) is 12.4 Å². The summed E-state index contributed by atoms with van der Waals surface area (Å²) >= 11 is 0. The van der Waals surface area contributed by atoms with E-state index in [2.05, 4.69) is 36.6 Å². The second-order valence-electron chi connectivity index (χ2n) is 9.97. The quantitative estimate of drug-likeness (QED) is 0.324. The lowest BCUT2D eigenvalue weighted by molar-refractivity contribution is 0.588. The number of nitrogens with zero attached hydrogens (tertiary/aromatic N) is 6. The number of aryl methyl sites for hydroxylation is 1. The molecule has 0 amide bonds. The topological polar surface area (TPSA) is 145 Å². The Morgan fingerprint density at radius 2 is 1.82 bits per heavy atom. The summed E-state index contributed by atoms with van der Waals surface area (Å²) in [5.74, 6) is 1.20. The molecule has 3 aromatic heterocycles. The van der Waals surface area contributed by atoms with Crippen molar-refractivity contribution in [2.24, 2.45) is 5.92 Å². The van der Waals surface area contributed by atoms with Gasteiger partial charge in [-0.1, -0.05) is 18.7 Å². The molecule has 3 heterocycles. The van der Waals surface area contributed by atoms with E-state index in [4.69, 9.17) is 4.98 Å². The van der Waals surface area contributed by atoms with E-state index in [9.17, 15) is 13.2 Å². The van der Waals surface area contributed by atoms with Gasteiger partial charge in [-0.05, 0) is 63.3 Å². The van der Waals surface area contributed by atoms with Crippen LogP contribution in [0.3, 0.4) is 0 Å². The molecule has 39 heavy (non-hydrogen) atoms. The van der Waals surface area contributed by atoms with E-state index in [1.54, 1.807) is 29.2 Å². The molecule has 4 aromatic rings. The molecule has 0 unspecified atom stereocenters. The Morgan fingerprint density at radius 1 is 1.08 bits per heavy atom. The molecule has 6 rings (SSSR count). The molecule has 2 fully saturated rings. The second kappa shape index (κ2) is 9.62. The molecular formula is C27H28N8O3S. The van der Waals surface area contributed by atoms with Crippen LogP contribution < -0.4 is 15.6 Å². The standard InChI is InChI=1S/C27H28N8O3S/c1-15-22(23(19-8-9-19)32-14-31-15)24-30-13-21-26(34-24)35(16(2)18-6-7-18)27(36)25(33-21)29-12-17-4-10-20(11-5-17)39(37,38)28-3/h4-5,10-11,13-14,18-19,28H,2,6-9,12H2,1,3H3,(H,29,33). The van der Waals surface area contributed by atoms with Gasteiger partial charge in [0, 0.05) is 18.2 Å². The molecule has 0 saturated heterocycles. The number of nitrogens with one attached hydrogen (secondary N) is 2. The summed E-state index contributed by atoms with van der Waals surface area (Å²) in [5.41, 5.74) is 4.53. The van der Waals surface area contributed by atoms with Gasteiger partial charge in [0.15, 0.2) is 17.3 Å². The summed E-state index contributed by atoms with van der Waals surface area (Å²) in [7, 11) is -2.16. The van der Waals surface area contributed by atoms with Crippen molar-refractivity contribution in [2.45, 2.75) is 50.0 Å². The molecule has 2 saturated carbocycles. The summed E-state index contributed by atoms with van der Waals surface area (Å²) in [5, 5.41) is 3.11. The summed E-state index contributed by atoms with van der Waals surface area (Å²) in [6, 6.07) is 6.42. The molecule has 0 radical (unpaired) electrons. The molecule has 0 spiro atoms. The Bertz CT molecular complexity index is 1780. The van der Waals surface area contributed by atoms with E-state index in [0.29, 0.717) is 28.6 Å². The maximum absolute atomic E-state index is 13.7. The van der Waals surface area contributed by atoms with Crippen LogP contribution in [0.2, 0.25) is 0 Å².